The van der Waals surface area contributed by atoms with Gasteiger partial charge in [-0.15, -0.1) is 0 Å². The molecule has 108 valence electrons. The average Bonchev–Trinajstić information content (AvgIpc) is 2.44. The third kappa shape index (κ3) is 2.72. The minimum atomic E-state index is -0.394. The maximum atomic E-state index is 13.7. The van der Waals surface area contributed by atoms with Crippen molar-refractivity contribution in [1.29, 1.82) is 0 Å². The summed E-state index contributed by atoms with van der Waals surface area (Å²) < 4.78 is 13.7. The molecule has 2 aromatic carbocycles. The molecule has 3 rings (SSSR count). The molecular weight excluding hydrogens is 271 g/mol. The van der Waals surface area contributed by atoms with Crippen molar-refractivity contribution < 1.29 is 9.31 Å². The van der Waals surface area contributed by atoms with Crippen LogP contribution in [0.25, 0.3) is 0 Å². The summed E-state index contributed by atoms with van der Waals surface area (Å²) in [7, 11) is 0. The smallest absolute Gasteiger partial charge is 0.292 e. The van der Waals surface area contributed by atoms with Crippen LogP contribution in [-0.2, 0) is 0 Å². The summed E-state index contributed by atoms with van der Waals surface area (Å²) in [5, 5.41) is 14.1. The number of rotatable bonds is 4. The van der Waals surface area contributed by atoms with Crippen molar-refractivity contribution >= 4 is 11.4 Å². The number of nitro benzene ring substituents is 1. The van der Waals surface area contributed by atoms with E-state index in [4.69, 9.17) is 0 Å². The Morgan fingerprint density at radius 1 is 1.10 bits per heavy atom. The molecule has 0 atom stereocenters. The number of benzene rings is 2. The fraction of sp³-hybridized carbons (Fsp3) is 0.250. The molecule has 0 heterocycles. The quantitative estimate of drug-likeness (QED) is 0.680. The summed E-state index contributed by atoms with van der Waals surface area (Å²) in [6, 6.07) is 13.5. The molecule has 1 saturated carbocycles. The summed E-state index contributed by atoms with van der Waals surface area (Å²) in [6.45, 7) is 0. The predicted octanol–water partition coefficient (Wildman–Crippen LogP) is 4.09. The van der Waals surface area contributed by atoms with Crippen molar-refractivity contribution in [3.63, 3.8) is 0 Å². The van der Waals surface area contributed by atoms with Gasteiger partial charge in [0.1, 0.15) is 11.5 Å². The van der Waals surface area contributed by atoms with Gasteiger partial charge in [0.15, 0.2) is 0 Å². The molecule has 1 N–H and O–H groups in total. The van der Waals surface area contributed by atoms with Crippen LogP contribution in [0.1, 0.15) is 24.3 Å². The Kier molecular flexibility index (Phi) is 3.56. The lowest BCUT2D eigenvalue weighted by molar-refractivity contribution is -0.384. The normalized spacial score (nSPS) is 20.6. The highest BCUT2D eigenvalue weighted by Gasteiger charge is 2.32. The average molecular weight is 286 g/mol. The molecule has 0 spiro atoms. The van der Waals surface area contributed by atoms with Crippen molar-refractivity contribution in [2.75, 3.05) is 5.32 Å². The van der Waals surface area contributed by atoms with Gasteiger partial charge in [0, 0.05) is 12.1 Å². The van der Waals surface area contributed by atoms with Crippen molar-refractivity contribution in [2.24, 2.45) is 0 Å². The Morgan fingerprint density at radius 3 is 2.48 bits per heavy atom. The van der Waals surface area contributed by atoms with E-state index >= 15 is 0 Å². The van der Waals surface area contributed by atoms with E-state index in [2.05, 4.69) is 5.32 Å². The van der Waals surface area contributed by atoms with Crippen LogP contribution < -0.4 is 5.32 Å². The number of anilines is 1. The highest BCUT2D eigenvalue weighted by molar-refractivity contribution is 5.61. The second-order valence-electron chi connectivity index (χ2n) is 5.31. The molecule has 0 bridgehead atoms. The van der Waals surface area contributed by atoms with Gasteiger partial charge in [-0.05, 0) is 36.5 Å². The van der Waals surface area contributed by atoms with E-state index in [-0.39, 0.29) is 23.5 Å². The maximum absolute atomic E-state index is 13.7. The first-order valence-corrected chi connectivity index (χ1v) is 6.89. The summed E-state index contributed by atoms with van der Waals surface area (Å²) in [4.78, 5) is 10.6. The molecule has 0 unspecified atom stereocenters. The van der Waals surface area contributed by atoms with Crippen LogP contribution in [0.3, 0.4) is 0 Å². The number of para-hydroxylation sites is 2. The minimum absolute atomic E-state index is 0.0758. The van der Waals surface area contributed by atoms with Gasteiger partial charge in [-0.3, -0.25) is 10.1 Å². The van der Waals surface area contributed by atoms with Gasteiger partial charge in [-0.25, -0.2) is 4.39 Å². The predicted molar refractivity (Wildman–Crippen MR) is 78.9 cm³/mol. The molecule has 0 saturated heterocycles. The first kappa shape index (κ1) is 13.5. The topological polar surface area (TPSA) is 55.2 Å². The van der Waals surface area contributed by atoms with Crippen molar-refractivity contribution in [3.05, 3.63) is 70.0 Å². The molecule has 0 aliphatic heterocycles. The minimum Gasteiger partial charge on any atom is -0.377 e. The van der Waals surface area contributed by atoms with E-state index in [0.717, 1.165) is 18.4 Å². The van der Waals surface area contributed by atoms with Crippen molar-refractivity contribution in [2.45, 2.75) is 24.8 Å². The Morgan fingerprint density at radius 2 is 1.76 bits per heavy atom. The van der Waals surface area contributed by atoms with Crippen LogP contribution in [-0.4, -0.2) is 11.0 Å². The SMILES string of the molecule is O=[N+]([O-])c1ccccc1NC1CC(c2ccccc2F)C1. The molecule has 1 fully saturated rings. The van der Waals surface area contributed by atoms with E-state index in [1.54, 1.807) is 30.3 Å². The zero-order valence-electron chi connectivity index (χ0n) is 11.3. The van der Waals surface area contributed by atoms with Crippen molar-refractivity contribution in [1.82, 2.24) is 0 Å². The lowest BCUT2D eigenvalue weighted by atomic mass is 9.75. The highest BCUT2D eigenvalue weighted by Crippen LogP contribution is 2.40. The molecule has 21 heavy (non-hydrogen) atoms. The maximum Gasteiger partial charge on any atom is 0.292 e. The molecule has 0 aromatic heterocycles. The van der Waals surface area contributed by atoms with Gasteiger partial charge in [0.25, 0.3) is 5.69 Å². The van der Waals surface area contributed by atoms with E-state index in [1.165, 1.54) is 12.1 Å². The third-order valence-electron chi connectivity index (χ3n) is 3.94. The molecule has 4 nitrogen and oxygen atoms in total. The number of halogens is 1. The zero-order valence-corrected chi connectivity index (χ0v) is 11.3. The van der Waals surface area contributed by atoms with Gasteiger partial charge in [0.2, 0.25) is 0 Å². The van der Waals surface area contributed by atoms with E-state index < -0.39 is 4.92 Å². The van der Waals surface area contributed by atoms with Crippen LogP contribution >= 0.6 is 0 Å². The van der Waals surface area contributed by atoms with E-state index in [0.29, 0.717) is 5.69 Å². The van der Waals surface area contributed by atoms with Crippen LogP contribution in [0.15, 0.2) is 48.5 Å². The van der Waals surface area contributed by atoms with Crippen LogP contribution in [0.2, 0.25) is 0 Å². The Bertz CT molecular complexity index is 669. The molecule has 1 aliphatic rings. The second kappa shape index (κ2) is 5.52. The van der Waals surface area contributed by atoms with Gasteiger partial charge in [0.05, 0.1) is 4.92 Å². The molecule has 0 amide bonds. The first-order chi connectivity index (χ1) is 10.1. The fourth-order valence-electron chi connectivity index (χ4n) is 2.77. The van der Waals surface area contributed by atoms with Gasteiger partial charge in [-0.2, -0.15) is 0 Å². The molecule has 5 heteroatoms. The first-order valence-electron chi connectivity index (χ1n) is 6.89. The number of hydrogen-bond donors (Lipinski definition) is 1. The van der Waals surface area contributed by atoms with Crippen LogP contribution in [0.4, 0.5) is 15.8 Å². The number of nitro groups is 1. The summed E-state index contributed by atoms with van der Waals surface area (Å²) in [6.07, 6.45) is 1.57. The van der Waals surface area contributed by atoms with Crippen molar-refractivity contribution in [3.8, 4) is 0 Å². The van der Waals surface area contributed by atoms with Crippen LogP contribution in [0.5, 0.6) is 0 Å². The Hall–Kier alpha value is -2.43. The summed E-state index contributed by atoms with van der Waals surface area (Å²) in [5.74, 6) is 0.0121. The van der Waals surface area contributed by atoms with E-state index in [1.807, 2.05) is 6.07 Å². The molecular formula is C16H15FN2O2. The monoisotopic (exact) mass is 286 g/mol. The molecule has 0 radical (unpaired) electrons. The lowest BCUT2D eigenvalue weighted by Gasteiger charge is -2.36. The molecule has 1 aliphatic carbocycles. The summed E-state index contributed by atoms with van der Waals surface area (Å²) in [5.41, 5.74) is 1.34. The van der Waals surface area contributed by atoms with E-state index in [9.17, 15) is 14.5 Å². The number of hydrogen-bond acceptors (Lipinski definition) is 3. The number of nitrogens with one attached hydrogen (secondary N) is 1. The van der Waals surface area contributed by atoms with Gasteiger partial charge < -0.3 is 5.32 Å². The second-order valence-corrected chi connectivity index (χ2v) is 5.31. The Balaban J connectivity index is 1.66. The highest BCUT2D eigenvalue weighted by atomic mass is 19.1. The lowest BCUT2D eigenvalue weighted by Crippen LogP contribution is -2.34. The zero-order chi connectivity index (χ0) is 14.8. The standard InChI is InChI=1S/C16H15FN2O2/c17-14-6-2-1-5-13(14)11-9-12(10-11)18-15-7-3-4-8-16(15)19(20)21/h1-8,11-12,18H,9-10H2. The summed E-state index contributed by atoms with van der Waals surface area (Å²) >= 11 is 0. The largest absolute Gasteiger partial charge is 0.377 e. The number of nitrogens with zero attached hydrogens (tertiary/aromatic N) is 1. The van der Waals surface area contributed by atoms with Gasteiger partial charge in [-0.1, -0.05) is 30.3 Å². The fourth-order valence-corrected chi connectivity index (χ4v) is 2.77. The Labute approximate surface area is 121 Å². The molecule has 2 aromatic rings. The van der Waals surface area contributed by atoms with Crippen LogP contribution in [0, 0.1) is 15.9 Å². The van der Waals surface area contributed by atoms with Gasteiger partial charge >= 0.3 is 0 Å². The third-order valence-corrected chi connectivity index (χ3v) is 3.94.